The van der Waals surface area contributed by atoms with Crippen LogP contribution in [-0.2, 0) is 4.79 Å². The molecule has 1 unspecified atom stereocenters. The molecule has 2 aromatic rings. The van der Waals surface area contributed by atoms with E-state index in [0.717, 1.165) is 17.1 Å². The lowest BCUT2D eigenvalue weighted by molar-refractivity contribution is -0.117. The second-order valence-corrected chi connectivity index (χ2v) is 4.28. The molecule has 17 heavy (non-hydrogen) atoms. The van der Waals surface area contributed by atoms with Crippen LogP contribution in [0.25, 0.3) is 0 Å². The molecule has 1 aromatic carbocycles. The van der Waals surface area contributed by atoms with E-state index >= 15 is 0 Å². The highest BCUT2D eigenvalue weighted by molar-refractivity contribution is 7.09. The fraction of sp³-hybridized carbons (Fsp3) is 0.182. The van der Waals surface area contributed by atoms with Gasteiger partial charge in [0.05, 0.1) is 0 Å². The summed E-state index contributed by atoms with van der Waals surface area (Å²) in [5.41, 5.74) is 6.61. The summed E-state index contributed by atoms with van der Waals surface area (Å²) in [7, 11) is 0. The van der Waals surface area contributed by atoms with Gasteiger partial charge in [-0.2, -0.15) is 4.37 Å². The molecule has 2 rings (SSSR count). The van der Waals surface area contributed by atoms with E-state index in [1.165, 1.54) is 0 Å². The normalized spacial score (nSPS) is 12.1. The molecule has 1 atom stereocenters. The van der Waals surface area contributed by atoms with Gasteiger partial charge in [-0.25, -0.2) is 4.98 Å². The third-order valence-corrected chi connectivity index (χ3v) is 2.92. The van der Waals surface area contributed by atoms with Crippen molar-refractivity contribution in [1.29, 1.82) is 0 Å². The van der Waals surface area contributed by atoms with Crippen molar-refractivity contribution in [3.8, 4) is 0 Å². The molecule has 88 valence electrons. The van der Waals surface area contributed by atoms with Crippen molar-refractivity contribution in [3.63, 3.8) is 0 Å². The summed E-state index contributed by atoms with van der Waals surface area (Å²) in [5, 5.41) is 3.11. The van der Waals surface area contributed by atoms with Crippen molar-refractivity contribution in [2.75, 3.05) is 5.32 Å². The van der Waals surface area contributed by atoms with Crippen LogP contribution in [0.15, 0.2) is 30.3 Å². The average Bonchev–Trinajstić information content (AvgIpc) is 2.75. The Bertz CT molecular complexity index is 511. The molecule has 6 heteroatoms. The van der Waals surface area contributed by atoms with Crippen molar-refractivity contribution >= 4 is 22.6 Å². The fourth-order valence-corrected chi connectivity index (χ4v) is 1.92. The van der Waals surface area contributed by atoms with Crippen LogP contribution in [0.1, 0.15) is 17.4 Å². The third kappa shape index (κ3) is 2.86. The topological polar surface area (TPSA) is 80.9 Å². The largest absolute Gasteiger partial charge is 0.316 e. The van der Waals surface area contributed by atoms with E-state index in [2.05, 4.69) is 14.7 Å². The number of anilines is 1. The number of rotatable bonds is 3. The molecular weight excluding hydrogens is 236 g/mol. The number of nitrogens with two attached hydrogens (primary N) is 1. The SMILES string of the molecule is Cc1nsc(NC(=O)C(N)c2ccccc2)n1. The Hall–Kier alpha value is -1.79. The van der Waals surface area contributed by atoms with E-state index in [1.54, 1.807) is 6.92 Å². The zero-order chi connectivity index (χ0) is 12.3. The molecule has 1 heterocycles. The summed E-state index contributed by atoms with van der Waals surface area (Å²) in [6.07, 6.45) is 0. The molecule has 1 amide bonds. The molecule has 0 aliphatic heterocycles. The molecule has 0 radical (unpaired) electrons. The number of nitrogens with one attached hydrogen (secondary N) is 1. The van der Waals surface area contributed by atoms with E-state index < -0.39 is 6.04 Å². The molecular formula is C11H12N4OS. The van der Waals surface area contributed by atoms with Gasteiger partial charge in [-0.15, -0.1) is 0 Å². The van der Waals surface area contributed by atoms with E-state index in [4.69, 9.17) is 5.73 Å². The van der Waals surface area contributed by atoms with Gasteiger partial charge in [0, 0.05) is 11.5 Å². The summed E-state index contributed by atoms with van der Waals surface area (Å²) in [6, 6.07) is 8.50. The van der Waals surface area contributed by atoms with Crippen LogP contribution in [0.5, 0.6) is 0 Å². The molecule has 0 aliphatic carbocycles. The van der Waals surface area contributed by atoms with Crippen LogP contribution in [0.2, 0.25) is 0 Å². The molecule has 3 N–H and O–H groups in total. The van der Waals surface area contributed by atoms with Crippen LogP contribution >= 0.6 is 11.5 Å². The van der Waals surface area contributed by atoms with Gasteiger partial charge < -0.3 is 5.73 Å². The zero-order valence-corrected chi connectivity index (χ0v) is 10.1. The molecule has 0 fully saturated rings. The minimum atomic E-state index is -0.694. The molecule has 0 saturated heterocycles. The van der Waals surface area contributed by atoms with E-state index in [-0.39, 0.29) is 5.91 Å². The fourth-order valence-electron chi connectivity index (χ4n) is 1.34. The maximum Gasteiger partial charge on any atom is 0.247 e. The lowest BCUT2D eigenvalue weighted by atomic mass is 10.1. The number of nitrogens with zero attached hydrogens (tertiary/aromatic N) is 2. The van der Waals surface area contributed by atoms with Gasteiger partial charge in [-0.1, -0.05) is 30.3 Å². The van der Waals surface area contributed by atoms with Crippen LogP contribution in [0, 0.1) is 6.92 Å². The van der Waals surface area contributed by atoms with Crippen LogP contribution in [0.3, 0.4) is 0 Å². The summed E-state index contributed by atoms with van der Waals surface area (Å²) >= 11 is 1.14. The highest BCUT2D eigenvalue weighted by Gasteiger charge is 2.16. The second kappa shape index (κ2) is 5.03. The number of aromatic nitrogens is 2. The van der Waals surface area contributed by atoms with Gasteiger partial charge in [-0.05, 0) is 12.5 Å². The summed E-state index contributed by atoms with van der Waals surface area (Å²) in [5.74, 6) is 0.353. The quantitative estimate of drug-likeness (QED) is 0.862. The summed E-state index contributed by atoms with van der Waals surface area (Å²) < 4.78 is 3.98. The summed E-state index contributed by atoms with van der Waals surface area (Å²) in [4.78, 5) is 15.9. The van der Waals surface area contributed by atoms with E-state index in [9.17, 15) is 4.79 Å². The number of carbonyl (C=O) groups excluding carboxylic acids is 1. The Balaban J connectivity index is 2.06. The Morgan fingerprint density at radius 1 is 1.41 bits per heavy atom. The summed E-state index contributed by atoms with van der Waals surface area (Å²) in [6.45, 7) is 1.77. The lowest BCUT2D eigenvalue weighted by Crippen LogP contribution is -2.27. The Morgan fingerprint density at radius 3 is 2.71 bits per heavy atom. The maximum absolute atomic E-state index is 11.8. The van der Waals surface area contributed by atoms with Crippen molar-refractivity contribution in [3.05, 3.63) is 41.7 Å². The first-order valence-electron chi connectivity index (χ1n) is 5.08. The van der Waals surface area contributed by atoms with Crippen LogP contribution < -0.4 is 11.1 Å². The van der Waals surface area contributed by atoms with Gasteiger partial charge in [0.2, 0.25) is 11.0 Å². The number of amides is 1. The number of aryl methyl sites for hydroxylation is 1. The van der Waals surface area contributed by atoms with Crippen molar-refractivity contribution in [2.24, 2.45) is 5.73 Å². The number of hydrogen-bond acceptors (Lipinski definition) is 5. The van der Waals surface area contributed by atoms with Gasteiger partial charge in [-0.3, -0.25) is 10.1 Å². The van der Waals surface area contributed by atoms with Crippen molar-refractivity contribution in [2.45, 2.75) is 13.0 Å². The molecule has 1 aromatic heterocycles. The highest BCUT2D eigenvalue weighted by atomic mass is 32.1. The standard InChI is InChI=1S/C11H12N4OS/c1-7-13-11(17-15-7)14-10(16)9(12)8-5-3-2-4-6-8/h2-6,9H,12H2,1H3,(H,13,14,15,16). The second-order valence-electron chi connectivity index (χ2n) is 3.52. The first kappa shape index (κ1) is 11.7. The van der Waals surface area contributed by atoms with Crippen LogP contribution in [0.4, 0.5) is 5.13 Å². The van der Waals surface area contributed by atoms with Gasteiger partial charge in [0.1, 0.15) is 11.9 Å². The van der Waals surface area contributed by atoms with Gasteiger partial charge in [0.15, 0.2) is 0 Å². The van der Waals surface area contributed by atoms with Crippen molar-refractivity contribution in [1.82, 2.24) is 9.36 Å². The van der Waals surface area contributed by atoms with Crippen molar-refractivity contribution < 1.29 is 4.79 Å². The number of benzene rings is 1. The molecule has 0 saturated carbocycles. The lowest BCUT2D eigenvalue weighted by Gasteiger charge is -2.10. The first-order valence-corrected chi connectivity index (χ1v) is 5.86. The minimum absolute atomic E-state index is 0.285. The van der Waals surface area contributed by atoms with Gasteiger partial charge in [0.25, 0.3) is 0 Å². The zero-order valence-electron chi connectivity index (χ0n) is 9.25. The predicted molar refractivity (Wildman–Crippen MR) is 66.6 cm³/mol. The predicted octanol–water partition coefficient (Wildman–Crippen LogP) is 1.49. The smallest absolute Gasteiger partial charge is 0.247 e. The van der Waals surface area contributed by atoms with Gasteiger partial charge >= 0.3 is 0 Å². The Kier molecular flexibility index (Phi) is 3.46. The molecule has 0 spiro atoms. The molecule has 5 nitrogen and oxygen atoms in total. The van der Waals surface area contributed by atoms with Crippen LogP contribution in [-0.4, -0.2) is 15.3 Å². The Morgan fingerprint density at radius 2 is 2.12 bits per heavy atom. The van der Waals surface area contributed by atoms with E-state index in [0.29, 0.717) is 11.0 Å². The maximum atomic E-state index is 11.8. The number of carbonyl (C=O) groups is 1. The number of hydrogen-bond donors (Lipinski definition) is 2. The molecule has 0 bridgehead atoms. The van der Waals surface area contributed by atoms with E-state index in [1.807, 2.05) is 30.3 Å². The average molecular weight is 248 g/mol. The third-order valence-electron chi connectivity index (χ3n) is 2.20. The minimum Gasteiger partial charge on any atom is -0.316 e. The Labute approximate surface area is 103 Å². The monoisotopic (exact) mass is 248 g/mol. The molecule has 0 aliphatic rings. The first-order chi connectivity index (χ1) is 8.16. The highest BCUT2D eigenvalue weighted by Crippen LogP contribution is 2.15.